The van der Waals surface area contributed by atoms with Crippen molar-refractivity contribution in [2.45, 2.75) is 90.8 Å². The third-order valence-electron chi connectivity index (χ3n) is 7.83. The van der Waals surface area contributed by atoms with E-state index in [-0.39, 0.29) is 35.6 Å². The summed E-state index contributed by atoms with van der Waals surface area (Å²) in [5.41, 5.74) is -1.90. The second kappa shape index (κ2) is 8.13. The molecule has 6 atom stereocenters. The molecule has 0 aromatic heterocycles. The number of Topliss-reactive ketones (excluding diaryl/α,β-unsaturated/α-hetero) is 1. The highest BCUT2D eigenvalue weighted by atomic mass is 32.2. The van der Waals surface area contributed by atoms with Crippen molar-refractivity contribution in [3.63, 3.8) is 0 Å². The zero-order valence-corrected chi connectivity index (χ0v) is 20.6. The number of ketones is 1. The van der Waals surface area contributed by atoms with E-state index < -0.39 is 40.1 Å². The number of thioether (sulfide) groups is 1. The zero-order chi connectivity index (χ0) is 23.5. The van der Waals surface area contributed by atoms with Crippen LogP contribution in [0.25, 0.3) is 0 Å². The van der Waals surface area contributed by atoms with E-state index in [0.29, 0.717) is 5.75 Å². The van der Waals surface area contributed by atoms with Gasteiger partial charge in [-0.05, 0) is 39.4 Å². The molecule has 2 bridgehead atoms. The topological polar surface area (TPSA) is 88.1 Å². The minimum absolute atomic E-state index is 0.101. The first-order valence-corrected chi connectivity index (χ1v) is 12.7. The average molecular weight is 467 g/mol. The minimum Gasteiger partial charge on any atom is -0.482 e. The largest absolute Gasteiger partial charge is 0.482 e. The standard InChI is InChI=1S/C24H34O7S/c1-7-28-20(26)15-17(21(27)32-8-2)29-16-13(3)23(6,18(15)25)14-11-9-10-12-24(14)19(16)30-22(4,5)31-24/h13-14,16,19H,7-12H2,1-6H3/t13-,14+,16+,19-,23-,24+/m1/s1. The van der Waals surface area contributed by atoms with E-state index in [9.17, 15) is 14.4 Å². The predicted octanol–water partition coefficient (Wildman–Crippen LogP) is 3.79. The molecule has 178 valence electrons. The van der Waals surface area contributed by atoms with Gasteiger partial charge in [-0.25, -0.2) is 4.79 Å². The molecule has 0 radical (unpaired) electrons. The van der Waals surface area contributed by atoms with Gasteiger partial charge in [0, 0.05) is 17.3 Å². The number of fused-ring (bicyclic) bond motifs is 4. The summed E-state index contributed by atoms with van der Waals surface area (Å²) in [6.45, 7) is 11.3. The van der Waals surface area contributed by atoms with Crippen molar-refractivity contribution in [2.24, 2.45) is 17.3 Å². The number of esters is 1. The van der Waals surface area contributed by atoms with Gasteiger partial charge in [-0.3, -0.25) is 9.59 Å². The van der Waals surface area contributed by atoms with Crippen LogP contribution in [-0.4, -0.2) is 52.8 Å². The lowest BCUT2D eigenvalue weighted by atomic mass is 9.48. The summed E-state index contributed by atoms with van der Waals surface area (Å²) in [6, 6.07) is 0. The molecule has 2 aliphatic heterocycles. The molecular weight excluding hydrogens is 432 g/mol. The molecule has 0 N–H and O–H groups in total. The van der Waals surface area contributed by atoms with Gasteiger partial charge in [-0.1, -0.05) is 45.4 Å². The van der Waals surface area contributed by atoms with Crippen LogP contribution in [0.1, 0.15) is 67.2 Å². The minimum atomic E-state index is -0.952. The smallest absolute Gasteiger partial charge is 0.345 e. The van der Waals surface area contributed by atoms with Gasteiger partial charge in [0.2, 0.25) is 0 Å². The fourth-order valence-electron chi connectivity index (χ4n) is 6.48. The molecule has 4 rings (SSSR count). The second-order valence-electron chi connectivity index (χ2n) is 9.92. The molecule has 2 heterocycles. The Kier molecular flexibility index (Phi) is 6.04. The maximum absolute atomic E-state index is 14.2. The molecule has 8 heteroatoms. The highest BCUT2D eigenvalue weighted by Crippen LogP contribution is 2.64. The van der Waals surface area contributed by atoms with E-state index in [0.717, 1.165) is 37.4 Å². The number of hydrogen-bond acceptors (Lipinski definition) is 8. The van der Waals surface area contributed by atoms with Gasteiger partial charge in [0.05, 0.1) is 6.61 Å². The Hall–Kier alpha value is -1.38. The fraction of sp³-hybridized carbons (Fsp3) is 0.792. The van der Waals surface area contributed by atoms with Crippen LogP contribution in [0.2, 0.25) is 0 Å². The predicted molar refractivity (Wildman–Crippen MR) is 119 cm³/mol. The molecule has 1 spiro atoms. The molecule has 1 saturated heterocycles. The molecule has 0 aromatic rings. The Labute approximate surface area is 193 Å². The van der Waals surface area contributed by atoms with E-state index >= 15 is 0 Å². The quantitative estimate of drug-likeness (QED) is 0.457. The van der Waals surface area contributed by atoms with Gasteiger partial charge in [-0.2, -0.15) is 0 Å². The fourth-order valence-corrected chi connectivity index (χ4v) is 7.02. The normalized spacial score (nSPS) is 40.1. The van der Waals surface area contributed by atoms with Crippen molar-refractivity contribution < 1.29 is 33.3 Å². The highest BCUT2D eigenvalue weighted by molar-refractivity contribution is 8.14. The van der Waals surface area contributed by atoms with Crippen LogP contribution < -0.4 is 0 Å². The maximum Gasteiger partial charge on any atom is 0.345 e. The zero-order valence-electron chi connectivity index (χ0n) is 19.8. The molecule has 3 fully saturated rings. The second-order valence-corrected chi connectivity index (χ2v) is 11.2. The first-order valence-electron chi connectivity index (χ1n) is 11.7. The maximum atomic E-state index is 14.2. The summed E-state index contributed by atoms with van der Waals surface area (Å²) in [6.07, 6.45) is 2.45. The van der Waals surface area contributed by atoms with Gasteiger partial charge in [0.15, 0.2) is 17.3 Å². The van der Waals surface area contributed by atoms with E-state index in [2.05, 4.69) is 0 Å². The van der Waals surface area contributed by atoms with E-state index in [4.69, 9.17) is 18.9 Å². The van der Waals surface area contributed by atoms with Crippen molar-refractivity contribution in [2.75, 3.05) is 12.4 Å². The molecule has 7 nitrogen and oxygen atoms in total. The summed E-state index contributed by atoms with van der Waals surface area (Å²) in [5.74, 6) is -2.13. The Balaban J connectivity index is 1.94. The Morgan fingerprint density at radius 2 is 1.91 bits per heavy atom. The van der Waals surface area contributed by atoms with Crippen LogP contribution >= 0.6 is 11.8 Å². The van der Waals surface area contributed by atoms with Crippen molar-refractivity contribution in [1.82, 2.24) is 0 Å². The molecule has 2 aliphatic carbocycles. The number of rotatable bonds is 4. The van der Waals surface area contributed by atoms with Crippen LogP contribution in [-0.2, 0) is 33.3 Å². The number of hydrogen-bond donors (Lipinski definition) is 0. The molecule has 4 aliphatic rings. The van der Waals surface area contributed by atoms with E-state index in [1.807, 2.05) is 34.6 Å². The summed E-state index contributed by atoms with van der Waals surface area (Å²) in [7, 11) is 0. The van der Waals surface area contributed by atoms with Crippen molar-refractivity contribution >= 4 is 28.6 Å². The van der Waals surface area contributed by atoms with Crippen LogP contribution in [0.3, 0.4) is 0 Å². The lowest BCUT2D eigenvalue weighted by molar-refractivity contribution is -0.213. The number of carbonyl (C=O) groups is 3. The van der Waals surface area contributed by atoms with Crippen LogP contribution in [0.4, 0.5) is 0 Å². The van der Waals surface area contributed by atoms with Gasteiger partial charge in [0.1, 0.15) is 23.4 Å². The summed E-state index contributed by atoms with van der Waals surface area (Å²) < 4.78 is 24.6. The van der Waals surface area contributed by atoms with Gasteiger partial charge < -0.3 is 18.9 Å². The summed E-state index contributed by atoms with van der Waals surface area (Å²) >= 11 is 1.02. The van der Waals surface area contributed by atoms with Crippen molar-refractivity contribution in [3.8, 4) is 0 Å². The molecular formula is C24H34O7S. The number of ether oxygens (including phenoxy) is 4. The van der Waals surface area contributed by atoms with E-state index in [1.54, 1.807) is 6.92 Å². The van der Waals surface area contributed by atoms with Gasteiger partial charge in [0.25, 0.3) is 5.12 Å². The van der Waals surface area contributed by atoms with Crippen LogP contribution in [0.5, 0.6) is 0 Å². The first kappa shape index (κ1) is 23.8. The molecule has 0 unspecified atom stereocenters. The SMILES string of the molecule is CCOC(=O)C1=C(C(=O)SCC)O[C@@H]2[C@H]3OC(C)(C)O[C@]34CCCC[C@H]4[C@](C)(C1=O)[C@@H]2C. The lowest BCUT2D eigenvalue weighted by Gasteiger charge is -2.58. The molecule has 0 amide bonds. The summed E-state index contributed by atoms with van der Waals surface area (Å²) in [4.78, 5) is 40.3. The Morgan fingerprint density at radius 3 is 2.56 bits per heavy atom. The van der Waals surface area contributed by atoms with Gasteiger partial charge in [-0.15, -0.1) is 0 Å². The molecule has 2 saturated carbocycles. The first-order chi connectivity index (χ1) is 15.0. The average Bonchev–Trinajstić information content (AvgIpc) is 2.96. The van der Waals surface area contributed by atoms with E-state index in [1.165, 1.54) is 0 Å². The Morgan fingerprint density at radius 1 is 1.19 bits per heavy atom. The monoisotopic (exact) mass is 466 g/mol. The Bertz CT molecular complexity index is 864. The van der Waals surface area contributed by atoms with Crippen LogP contribution in [0.15, 0.2) is 11.3 Å². The molecule has 32 heavy (non-hydrogen) atoms. The van der Waals surface area contributed by atoms with Gasteiger partial charge >= 0.3 is 5.97 Å². The number of carbonyl (C=O) groups excluding carboxylic acids is 3. The third kappa shape index (κ3) is 3.28. The van der Waals surface area contributed by atoms with Crippen molar-refractivity contribution in [1.29, 1.82) is 0 Å². The highest BCUT2D eigenvalue weighted by Gasteiger charge is 2.73. The molecule has 0 aromatic carbocycles. The third-order valence-corrected chi connectivity index (χ3v) is 8.56. The summed E-state index contributed by atoms with van der Waals surface area (Å²) in [5, 5.41) is -0.428. The van der Waals surface area contributed by atoms with Crippen LogP contribution in [0, 0.1) is 17.3 Å². The van der Waals surface area contributed by atoms with Crippen molar-refractivity contribution in [3.05, 3.63) is 11.3 Å². The lowest BCUT2D eigenvalue weighted by Crippen LogP contribution is -2.68.